The second-order valence-corrected chi connectivity index (χ2v) is 26.2. The molecule has 8 aliphatic rings. The van der Waals surface area contributed by atoms with Gasteiger partial charge in [-0.15, -0.1) is 0 Å². The van der Waals surface area contributed by atoms with E-state index >= 15 is 0 Å². The highest BCUT2D eigenvalue weighted by Gasteiger charge is 2.47. The zero-order chi connectivity index (χ0) is 62.2. The second kappa shape index (κ2) is 21.9. The van der Waals surface area contributed by atoms with E-state index in [2.05, 4.69) is 179 Å². The van der Waals surface area contributed by atoms with Crippen molar-refractivity contribution in [1.29, 1.82) is 0 Å². The monoisotopic (exact) mass is 1210 g/mol. The summed E-state index contributed by atoms with van der Waals surface area (Å²) in [6, 6.07) is 42.7. The number of aliphatic hydroxyl groups is 4. The molecule has 12 atom stereocenters. The number of aliphatic hydroxyl groups excluding tert-OH is 4. The van der Waals surface area contributed by atoms with E-state index in [9.17, 15) is 20.4 Å². The summed E-state index contributed by atoms with van der Waals surface area (Å²) in [6.45, 7) is 8.00. The molecular formula is C76H68N12O4. The SMILES string of the molecule is Cc1cc2c(cn1)[C@@H](O)[C@@H]([C@H]1c3ccccc3-c3cncn31)C2.Cc1cc2c(cn1)[C@@H](O)[C@H]([C@@H]1c3ccccc3-c3cncn31)C2.Cc1cc2c(cn1)[C@H](O)[C@@H]([C@H]1c3ccccc3-c3cncn31)C2.Cc1cc2c(cn1)[C@H](O)[C@H]([C@@H]1c3ccccc3-c3cncn31)C2. The lowest BCUT2D eigenvalue weighted by Gasteiger charge is -2.25. The Hall–Kier alpha value is -9.84. The van der Waals surface area contributed by atoms with Crippen LogP contribution < -0.4 is 0 Å². The molecule has 0 amide bonds. The smallest absolute Gasteiger partial charge is 0.0956 e. The minimum Gasteiger partial charge on any atom is -0.388 e. The Kier molecular flexibility index (Phi) is 13.4. The lowest BCUT2D eigenvalue weighted by atomic mass is 9.88. The number of hydrogen-bond donors (Lipinski definition) is 4. The molecule has 4 aliphatic carbocycles. The molecule has 16 heteroatoms. The van der Waals surface area contributed by atoms with E-state index in [0.29, 0.717) is 0 Å². The summed E-state index contributed by atoms with van der Waals surface area (Å²) in [4.78, 5) is 34.7. The van der Waals surface area contributed by atoms with E-state index in [-0.39, 0.29) is 47.8 Å². The van der Waals surface area contributed by atoms with Gasteiger partial charge in [0, 0.05) is 116 Å². The van der Waals surface area contributed by atoms with Crippen LogP contribution in [0.4, 0.5) is 0 Å². The summed E-state index contributed by atoms with van der Waals surface area (Å²) in [5.41, 5.74) is 27.4. The zero-order valence-corrected chi connectivity index (χ0v) is 51.4. The van der Waals surface area contributed by atoms with Crippen LogP contribution in [0.15, 0.2) is 196 Å². The van der Waals surface area contributed by atoms with Crippen molar-refractivity contribution in [2.45, 2.75) is 102 Å². The van der Waals surface area contributed by atoms with Gasteiger partial charge in [-0.2, -0.15) is 0 Å². The van der Waals surface area contributed by atoms with Gasteiger partial charge in [0.25, 0.3) is 0 Å². The predicted molar refractivity (Wildman–Crippen MR) is 348 cm³/mol. The van der Waals surface area contributed by atoms with E-state index in [0.717, 1.165) is 93.5 Å². The molecule has 12 aromatic rings. The minimum absolute atomic E-state index is 0.116. The number of fused-ring (bicyclic) bond motifs is 16. The van der Waals surface area contributed by atoms with Crippen molar-refractivity contribution in [3.8, 4) is 45.0 Å². The fourth-order valence-electron chi connectivity index (χ4n) is 17.0. The Labute approximate surface area is 532 Å². The summed E-state index contributed by atoms with van der Waals surface area (Å²) < 4.78 is 8.85. The van der Waals surface area contributed by atoms with Crippen molar-refractivity contribution >= 4 is 0 Å². The van der Waals surface area contributed by atoms with Crippen molar-refractivity contribution in [2.24, 2.45) is 23.7 Å². The van der Waals surface area contributed by atoms with Crippen LogP contribution in [0.25, 0.3) is 45.0 Å². The lowest BCUT2D eigenvalue weighted by Crippen LogP contribution is -2.21. The third kappa shape index (κ3) is 8.86. The molecule has 0 unspecified atom stereocenters. The van der Waals surface area contributed by atoms with E-state index in [4.69, 9.17) is 0 Å². The topological polar surface area (TPSA) is 204 Å². The largest absolute Gasteiger partial charge is 0.388 e. The molecule has 0 bridgehead atoms. The van der Waals surface area contributed by atoms with E-state index in [1.54, 1.807) is 0 Å². The van der Waals surface area contributed by atoms with Gasteiger partial charge >= 0.3 is 0 Å². The van der Waals surface area contributed by atoms with E-state index in [1.807, 2.05) is 103 Å². The van der Waals surface area contributed by atoms with E-state index in [1.165, 1.54) is 66.8 Å². The molecule has 16 nitrogen and oxygen atoms in total. The number of hydrogen-bond acceptors (Lipinski definition) is 12. The molecule has 92 heavy (non-hydrogen) atoms. The van der Waals surface area contributed by atoms with Crippen molar-refractivity contribution in [1.82, 2.24) is 58.1 Å². The van der Waals surface area contributed by atoms with Gasteiger partial charge in [0.05, 0.1) is 121 Å². The Morgan fingerprint density at radius 3 is 0.739 bits per heavy atom. The summed E-state index contributed by atoms with van der Waals surface area (Å²) in [6.07, 6.45) is 24.1. The fourth-order valence-corrected chi connectivity index (χ4v) is 17.0. The number of imidazole rings is 4. The van der Waals surface area contributed by atoms with E-state index < -0.39 is 24.4 Å². The predicted octanol–water partition coefficient (Wildman–Crippen LogP) is 12.2. The highest BCUT2D eigenvalue weighted by molar-refractivity contribution is 5.72. The van der Waals surface area contributed by atoms with Gasteiger partial charge in [-0.3, -0.25) is 19.9 Å². The first-order valence-corrected chi connectivity index (χ1v) is 31.9. The van der Waals surface area contributed by atoms with Crippen LogP contribution in [-0.2, 0) is 25.7 Å². The normalized spacial score (nSPS) is 24.3. The number of aryl methyl sites for hydroxylation is 4. The molecule has 456 valence electrons. The molecule has 8 aromatic heterocycles. The average molecular weight is 1210 g/mol. The molecule has 0 saturated heterocycles. The van der Waals surface area contributed by atoms with Gasteiger partial charge in [0.15, 0.2) is 0 Å². The Morgan fingerprint density at radius 2 is 0.511 bits per heavy atom. The highest BCUT2D eigenvalue weighted by Crippen LogP contribution is 2.55. The second-order valence-electron chi connectivity index (χ2n) is 26.2. The third-order valence-electron chi connectivity index (χ3n) is 21.1. The average Bonchev–Trinajstić information content (AvgIpc) is 1.61. The maximum Gasteiger partial charge on any atom is 0.0956 e. The zero-order valence-electron chi connectivity index (χ0n) is 51.4. The molecule has 12 heterocycles. The molecule has 4 aromatic carbocycles. The molecule has 0 spiro atoms. The van der Waals surface area contributed by atoms with Gasteiger partial charge in [0.2, 0.25) is 0 Å². The van der Waals surface area contributed by atoms with Gasteiger partial charge in [-0.25, -0.2) is 19.9 Å². The summed E-state index contributed by atoms with van der Waals surface area (Å²) >= 11 is 0. The maximum absolute atomic E-state index is 10.9. The van der Waals surface area contributed by atoms with Crippen molar-refractivity contribution in [3.05, 3.63) is 286 Å². The summed E-state index contributed by atoms with van der Waals surface area (Å²) in [7, 11) is 0. The summed E-state index contributed by atoms with van der Waals surface area (Å²) in [5, 5.41) is 43.6. The van der Waals surface area contributed by atoms with Gasteiger partial charge in [-0.05, 0) is 122 Å². The van der Waals surface area contributed by atoms with Crippen molar-refractivity contribution < 1.29 is 20.4 Å². The first kappa shape index (κ1) is 56.2. The Morgan fingerprint density at radius 1 is 0.293 bits per heavy atom. The number of benzene rings is 4. The molecule has 0 saturated carbocycles. The Balaban J connectivity index is 0.0000000939. The third-order valence-corrected chi connectivity index (χ3v) is 21.1. The van der Waals surface area contributed by atoms with Crippen molar-refractivity contribution in [3.63, 3.8) is 0 Å². The molecule has 20 rings (SSSR count). The molecule has 4 aliphatic heterocycles. The number of rotatable bonds is 4. The van der Waals surface area contributed by atoms with Crippen LogP contribution in [0.3, 0.4) is 0 Å². The molecular weight excluding hydrogens is 1140 g/mol. The van der Waals surface area contributed by atoms with Crippen LogP contribution in [0, 0.1) is 51.4 Å². The van der Waals surface area contributed by atoms with Crippen molar-refractivity contribution in [2.75, 3.05) is 0 Å². The standard InChI is InChI=1S/4C19H17N3O/c4*1-11-6-12-7-15(19(23)16(12)8-21-11)18-14-5-3-2-4-13(14)17-9-20-10-22(17)18/h4*2-6,8-10,15,18-19,23H,7H2,1H3/t2*15-,18-,19+;2*15-,18-,19-/m1010/s1. The minimum atomic E-state index is -0.482. The number of aromatic nitrogens is 12. The van der Waals surface area contributed by atoms with Crippen LogP contribution in [0.2, 0.25) is 0 Å². The number of nitrogens with zero attached hydrogens (tertiary/aromatic N) is 12. The Bertz CT molecular complexity index is 4260. The first-order valence-electron chi connectivity index (χ1n) is 31.9. The van der Waals surface area contributed by atoms with Gasteiger partial charge < -0.3 is 38.7 Å². The summed E-state index contributed by atoms with van der Waals surface area (Å²) in [5.74, 6) is 0.464. The molecule has 0 radical (unpaired) electrons. The van der Waals surface area contributed by atoms with Crippen LogP contribution in [0.1, 0.15) is 138 Å². The quantitative estimate of drug-likeness (QED) is 0.130. The lowest BCUT2D eigenvalue weighted by molar-refractivity contribution is 0.101. The molecule has 4 N–H and O–H groups in total. The maximum atomic E-state index is 10.9. The van der Waals surface area contributed by atoms with Crippen LogP contribution in [-0.4, -0.2) is 78.6 Å². The van der Waals surface area contributed by atoms with Crippen LogP contribution >= 0.6 is 0 Å². The number of pyridine rings is 4. The molecule has 0 fully saturated rings. The van der Waals surface area contributed by atoms with Gasteiger partial charge in [0.1, 0.15) is 0 Å². The van der Waals surface area contributed by atoms with Crippen LogP contribution in [0.5, 0.6) is 0 Å². The first-order chi connectivity index (χ1) is 44.9. The fraction of sp³-hybridized carbons (Fsp3) is 0.263. The van der Waals surface area contributed by atoms with Gasteiger partial charge in [-0.1, -0.05) is 97.1 Å². The highest BCUT2D eigenvalue weighted by atomic mass is 16.3.